The predicted octanol–water partition coefficient (Wildman–Crippen LogP) is 8.16. The summed E-state index contributed by atoms with van der Waals surface area (Å²) in [6.45, 7) is 4.92. The van der Waals surface area contributed by atoms with Crippen LogP contribution >= 0.6 is 11.3 Å². The summed E-state index contributed by atoms with van der Waals surface area (Å²) in [7, 11) is 0. The molecule has 234 valence electrons. The van der Waals surface area contributed by atoms with Crippen molar-refractivity contribution in [2.75, 3.05) is 11.4 Å². The second-order valence-corrected chi connectivity index (χ2v) is 12.5. The second kappa shape index (κ2) is 12.0. The quantitative estimate of drug-likeness (QED) is 0.165. The summed E-state index contributed by atoms with van der Waals surface area (Å²) in [4.78, 5) is 18.1. The number of benzene rings is 2. The van der Waals surface area contributed by atoms with Gasteiger partial charge < -0.3 is 24.0 Å². The monoisotopic (exact) mass is 633 g/mol. The zero-order valence-corrected chi connectivity index (χ0v) is 24.9. The summed E-state index contributed by atoms with van der Waals surface area (Å²) in [6, 6.07) is 8.15. The van der Waals surface area contributed by atoms with Crippen LogP contribution in [0.15, 0.2) is 40.9 Å². The number of carboxylic acids is 1. The number of fused-ring (bicyclic) bond motifs is 1. The van der Waals surface area contributed by atoms with E-state index in [4.69, 9.17) is 9.26 Å². The number of anilines is 1. The molecule has 44 heavy (non-hydrogen) atoms. The van der Waals surface area contributed by atoms with E-state index in [-0.39, 0.29) is 52.8 Å². The van der Waals surface area contributed by atoms with Crippen molar-refractivity contribution in [3.63, 3.8) is 0 Å². The summed E-state index contributed by atoms with van der Waals surface area (Å²) in [5.41, 5.74) is 1.03. The van der Waals surface area contributed by atoms with Crippen molar-refractivity contribution in [1.82, 2.24) is 10.1 Å². The molecule has 4 aromatic rings. The fraction of sp³-hybridized carbons (Fsp3) is 0.452. The standard InChI is InChI=1S/C31H31F4N3O5S/c1-3-16(2)12-22-24(10-11-38(22)30-36-27-21(32)13-18(29(39)40)14-25(27)44-30)41-15-20-26(37-43-28(20)17-8-9-17)19-6-4-5-7-23(19)42-31(33,34)35/h4-7,13-14,16-17,22,24H,3,8-12,15H2,1-2H3,(H,39,40)/t16-,22?,24?/m1/s1. The van der Waals surface area contributed by atoms with Gasteiger partial charge >= 0.3 is 12.3 Å². The molecule has 1 saturated carbocycles. The van der Waals surface area contributed by atoms with Gasteiger partial charge in [0.1, 0.15) is 22.7 Å². The van der Waals surface area contributed by atoms with Crippen LogP contribution in [0.5, 0.6) is 5.75 Å². The molecule has 2 aromatic carbocycles. The Balaban J connectivity index is 1.29. The van der Waals surface area contributed by atoms with Crippen LogP contribution in [0.3, 0.4) is 0 Å². The minimum atomic E-state index is -4.87. The van der Waals surface area contributed by atoms with E-state index >= 15 is 0 Å². The van der Waals surface area contributed by atoms with Gasteiger partial charge in [0, 0.05) is 23.6 Å². The van der Waals surface area contributed by atoms with Gasteiger partial charge in [0.25, 0.3) is 0 Å². The molecule has 13 heteroatoms. The maximum atomic E-state index is 14.8. The topological polar surface area (TPSA) is 97.9 Å². The van der Waals surface area contributed by atoms with E-state index < -0.39 is 18.1 Å². The summed E-state index contributed by atoms with van der Waals surface area (Å²) in [5, 5.41) is 14.1. The lowest BCUT2D eigenvalue weighted by Crippen LogP contribution is -2.37. The average molecular weight is 634 g/mol. The second-order valence-electron chi connectivity index (χ2n) is 11.4. The van der Waals surface area contributed by atoms with Crippen molar-refractivity contribution in [1.29, 1.82) is 0 Å². The highest BCUT2D eigenvalue weighted by atomic mass is 32.1. The lowest BCUT2D eigenvalue weighted by Gasteiger charge is -2.30. The third-order valence-corrected chi connectivity index (χ3v) is 9.37. The summed E-state index contributed by atoms with van der Waals surface area (Å²) < 4.78 is 71.3. The number of hydrogen-bond donors (Lipinski definition) is 1. The van der Waals surface area contributed by atoms with Crippen molar-refractivity contribution >= 4 is 32.7 Å². The van der Waals surface area contributed by atoms with Gasteiger partial charge in [0.05, 0.1) is 29.0 Å². The Labute approximate surface area is 254 Å². The fourth-order valence-electron chi connectivity index (χ4n) is 5.74. The Morgan fingerprint density at radius 1 is 1.23 bits per heavy atom. The van der Waals surface area contributed by atoms with Crippen LogP contribution in [0.2, 0.25) is 0 Å². The van der Waals surface area contributed by atoms with Gasteiger partial charge in [-0.1, -0.05) is 48.9 Å². The molecule has 1 saturated heterocycles. The van der Waals surface area contributed by atoms with Crippen molar-refractivity contribution in [2.24, 2.45) is 5.92 Å². The van der Waals surface area contributed by atoms with Crippen LogP contribution in [0, 0.1) is 11.7 Å². The Morgan fingerprint density at radius 3 is 2.70 bits per heavy atom. The van der Waals surface area contributed by atoms with Gasteiger partial charge in [0.15, 0.2) is 10.9 Å². The van der Waals surface area contributed by atoms with E-state index in [0.717, 1.165) is 31.7 Å². The molecule has 1 aliphatic heterocycles. The number of alkyl halides is 3. The molecule has 0 spiro atoms. The first-order valence-corrected chi connectivity index (χ1v) is 15.4. The fourth-order valence-corrected chi connectivity index (χ4v) is 6.85. The van der Waals surface area contributed by atoms with Crippen LogP contribution in [-0.4, -0.2) is 46.3 Å². The first-order valence-electron chi connectivity index (χ1n) is 14.6. The molecule has 2 fully saturated rings. The van der Waals surface area contributed by atoms with E-state index in [1.807, 2.05) is 0 Å². The first-order chi connectivity index (χ1) is 21.0. The number of thiazole rings is 1. The smallest absolute Gasteiger partial charge is 0.478 e. The van der Waals surface area contributed by atoms with Crippen LogP contribution < -0.4 is 9.64 Å². The average Bonchev–Trinajstić information content (AvgIpc) is 3.39. The molecule has 1 aliphatic carbocycles. The zero-order chi connectivity index (χ0) is 31.2. The lowest BCUT2D eigenvalue weighted by molar-refractivity contribution is -0.274. The number of nitrogens with zero attached hydrogens (tertiary/aromatic N) is 3. The molecule has 3 atom stereocenters. The van der Waals surface area contributed by atoms with E-state index in [2.05, 4.69) is 33.6 Å². The highest BCUT2D eigenvalue weighted by Crippen LogP contribution is 2.46. The van der Waals surface area contributed by atoms with E-state index in [9.17, 15) is 27.5 Å². The molecule has 2 aliphatic rings. The number of carbonyl (C=O) groups is 1. The SMILES string of the molecule is CC[C@@H](C)CC1C(OCc2c(-c3ccccc3OC(F)(F)F)noc2C2CC2)CCN1c1nc2c(F)cc(C(=O)O)cc2s1. The van der Waals surface area contributed by atoms with Crippen LogP contribution in [0.4, 0.5) is 22.7 Å². The minimum absolute atomic E-state index is 0.0803. The molecule has 8 nitrogen and oxygen atoms in total. The summed E-state index contributed by atoms with van der Waals surface area (Å²) in [6.07, 6.45) is -0.980. The number of rotatable bonds is 11. The normalized spacial score (nSPS) is 19.5. The maximum Gasteiger partial charge on any atom is 0.573 e. The van der Waals surface area contributed by atoms with Gasteiger partial charge in [-0.25, -0.2) is 14.2 Å². The van der Waals surface area contributed by atoms with Gasteiger partial charge in [-0.15, -0.1) is 13.2 Å². The lowest BCUT2D eigenvalue weighted by atomic mass is 9.96. The molecule has 1 N–H and O–H groups in total. The number of aromatic carboxylic acids is 1. The maximum absolute atomic E-state index is 14.8. The van der Waals surface area contributed by atoms with Gasteiger partial charge in [0.2, 0.25) is 0 Å². The van der Waals surface area contributed by atoms with Gasteiger partial charge in [-0.3, -0.25) is 0 Å². The van der Waals surface area contributed by atoms with Crippen LogP contribution in [0.25, 0.3) is 21.5 Å². The van der Waals surface area contributed by atoms with Crippen LogP contribution in [0.1, 0.15) is 73.6 Å². The number of para-hydroxylation sites is 1. The molecule has 0 radical (unpaired) electrons. The van der Waals surface area contributed by atoms with Gasteiger partial charge in [-0.2, -0.15) is 0 Å². The molecule has 2 aromatic heterocycles. The highest BCUT2D eigenvalue weighted by Gasteiger charge is 2.40. The number of halogens is 4. The number of hydrogen-bond acceptors (Lipinski definition) is 8. The third kappa shape index (κ3) is 6.25. The number of carboxylic acid groups (broad SMARTS) is 1. The molecule has 3 heterocycles. The Morgan fingerprint density at radius 2 is 2.00 bits per heavy atom. The molecule has 2 unspecified atom stereocenters. The highest BCUT2D eigenvalue weighted by molar-refractivity contribution is 7.22. The van der Waals surface area contributed by atoms with Crippen LogP contribution in [-0.2, 0) is 11.3 Å². The van der Waals surface area contributed by atoms with E-state index in [1.165, 1.54) is 35.6 Å². The molecular weight excluding hydrogens is 602 g/mol. The molecular formula is C31H31F4N3O5S. The molecule has 0 amide bonds. The predicted molar refractivity (Wildman–Crippen MR) is 156 cm³/mol. The minimum Gasteiger partial charge on any atom is -0.478 e. The van der Waals surface area contributed by atoms with Gasteiger partial charge in [-0.05, 0) is 55.9 Å². The summed E-state index contributed by atoms with van der Waals surface area (Å²) in [5.74, 6) is -1.17. The van der Waals surface area contributed by atoms with Crippen molar-refractivity contribution in [3.05, 3.63) is 59.1 Å². The van der Waals surface area contributed by atoms with E-state index in [1.54, 1.807) is 6.07 Å². The largest absolute Gasteiger partial charge is 0.573 e. The first kappa shape index (κ1) is 30.3. The Hall–Kier alpha value is -3.71. The molecule has 0 bridgehead atoms. The van der Waals surface area contributed by atoms with Crippen molar-refractivity contribution in [3.8, 4) is 17.0 Å². The third-order valence-electron chi connectivity index (χ3n) is 8.33. The zero-order valence-electron chi connectivity index (χ0n) is 24.1. The number of ether oxygens (including phenoxy) is 2. The van der Waals surface area contributed by atoms with Crippen molar-refractivity contribution < 1.29 is 41.5 Å². The van der Waals surface area contributed by atoms with E-state index in [0.29, 0.717) is 40.0 Å². The Kier molecular flexibility index (Phi) is 8.27. The summed E-state index contributed by atoms with van der Waals surface area (Å²) >= 11 is 1.24. The number of aromatic nitrogens is 2. The van der Waals surface area contributed by atoms with Crippen molar-refractivity contribution in [2.45, 2.75) is 77.0 Å². The molecule has 6 rings (SSSR count). The Bertz CT molecular complexity index is 1670.